The van der Waals surface area contributed by atoms with Gasteiger partial charge in [-0.15, -0.1) is 11.6 Å². The average molecular weight is 406 g/mol. The van der Waals surface area contributed by atoms with Crippen LogP contribution in [0.3, 0.4) is 0 Å². The van der Waals surface area contributed by atoms with Crippen molar-refractivity contribution in [3.05, 3.63) is 44.1 Å². The Labute approximate surface area is 155 Å². The molecular formula is C14H14ClF2N5O5. The average Bonchev–Trinajstić information content (AvgIpc) is 2.99. The number of aryl methyl sites for hydroxylation is 1. The standard InChI is InChI=1S/C14H14ClF2N5O5/c1-27-13(23)9(15)5-8-6-10(17)12(7-11(8)22(25)26)21-14(24)20(18-19-21)4-2-3-16/h6-7,9H,2-5H2,1H3. The Morgan fingerprint density at radius 2 is 2.15 bits per heavy atom. The van der Waals surface area contributed by atoms with Gasteiger partial charge >= 0.3 is 11.7 Å². The van der Waals surface area contributed by atoms with Crippen LogP contribution in [0.5, 0.6) is 0 Å². The maximum Gasteiger partial charge on any atom is 0.368 e. The van der Waals surface area contributed by atoms with Crippen LogP contribution in [0.15, 0.2) is 16.9 Å². The van der Waals surface area contributed by atoms with Gasteiger partial charge in [0.2, 0.25) is 0 Å². The molecule has 1 aromatic heterocycles. The number of carbonyl (C=O) groups excluding carboxylic acids is 1. The van der Waals surface area contributed by atoms with Crippen LogP contribution in [-0.2, 0) is 22.5 Å². The maximum absolute atomic E-state index is 14.5. The van der Waals surface area contributed by atoms with Gasteiger partial charge in [-0.3, -0.25) is 19.3 Å². The molecule has 0 radical (unpaired) electrons. The van der Waals surface area contributed by atoms with Crippen LogP contribution in [-0.4, -0.2) is 49.8 Å². The van der Waals surface area contributed by atoms with Crippen LogP contribution in [0.4, 0.5) is 14.5 Å². The Morgan fingerprint density at radius 1 is 1.44 bits per heavy atom. The van der Waals surface area contributed by atoms with Gasteiger partial charge in [-0.25, -0.2) is 9.18 Å². The second-order valence-electron chi connectivity index (χ2n) is 5.32. The van der Waals surface area contributed by atoms with Gasteiger partial charge in [-0.1, -0.05) is 0 Å². The molecule has 27 heavy (non-hydrogen) atoms. The van der Waals surface area contributed by atoms with E-state index in [0.29, 0.717) is 4.68 Å². The molecule has 0 spiro atoms. The van der Waals surface area contributed by atoms with Crippen molar-refractivity contribution >= 4 is 23.3 Å². The largest absolute Gasteiger partial charge is 0.468 e. The lowest BCUT2D eigenvalue weighted by molar-refractivity contribution is -0.385. The van der Waals surface area contributed by atoms with Crippen molar-refractivity contribution < 1.29 is 23.2 Å². The first kappa shape index (κ1) is 20.4. The highest BCUT2D eigenvalue weighted by Gasteiger charge is 2.26. The van der Waals surface area contributed by atoms with E-state index in [0.717, 1.165) is 23.9 Å². The molecule has 0 amide bonds. The predicted octanol–water partition coefficient (Wildman–Crippen LogP) is 1.16. The molecule has 0 aliphatic rings. The lowest BCUT2D eigenvalue weighted by Gasteiger charge is -2.09. The molecule has 0 aliphatic carbocycles. The number of esters is 1. The molecular weight excluding hydrogens is 392 g/mol. The zero-order valence-electron chi connectivity index (χ0n) is 14.0. The molecule has 1 aromatic carbocycles. The maximum atomic E-state index is 14.5. The number of tetrazole rings is 1. The zero-order valence-corrected chi connectivity index (χ0v) is 14.7. The van der Waals surface area contributed by atoms with Gasteiger partial charge in [-0.2, -0.15) is 9.36 Å². The van der Waals surface area contributed by atoms with Gasteiger partial charge in [0.15, 0.2) is 0 Å². The Bertz CT molecular complexity index is 916. The quantitative estimate of drug-likeness (QED) is 0.279. The van der Waals surface area contributed by atoms with Crippen molar-refractivity contribution in [3.63, 3.8) is 0 Å². The minimum absolute atomic E-state index is 0.00477. The highest BCUT2D eigenvalue weighted by Crippen LogP contribution is 2.27. The summed E-state index contributed by atoms with van der Waals surface area (Å²) in [4.78, 5) is 34.1. The van der Waals surface area contributed by atoms with Crippen LogP contribution >= 0.6 is 11.6 Å². The molecule has 0 saturated heterocycles. The summed E-state index contributed by atoms with van der Waals surface area (Å²) >= 11 is 5.80. The molecule has 0 bridgehead atoms. The molecule has 1 heterocycles. The molecule has 0 aliphatic heterocycles. The Morgan fingerprint density at radius 3 is 2.74 bits per heavy atom. The lowest BCUT2D eigenvalue weighted by atomic mass is 10.1. The third kappa shape index (κ3) is 4.45. The number of alkyl halides is 2. The molecule has 1 unspecified atom stereocenters. The van der Waals surface area contributed by atoms with Crippen molar-refractivity contribution in [2.45, 2.75) is 24.8 Å². The Kier molecular flexibility index (Phi) is 6.55. The fourth-order valence-corrected chi connectivity index (χ4v) is 2.52. The van der Waals surface area contributed by atoms with E-state index in [1.807, 2.05) is 0 Å². The molecule has 2 aromatic rings. The molecule has 146 valence electrons. The number of nitro groups is 1. The minimum Gasteiger partial charge on any atom is -0.468 e. The summed E-state index contributed by atoms with van der Waals surface area (Å²) in [5, 5.41) is 17.0. The van der Waals surface area contributed by atoms with E-state index < -0.39 is 45.8 Å². The number of rotatable bonds is 8. The fraction of sp³-hybridized carbons (Fsp3) is 0.429. The van der Waals surface area contributed by atoms with Gasteiger partial charge in [0, 0.05) is 18.1 Å². The molecule has 0 N–H and O–H groups in total. The second-order valence-corrected chi connectivity index (χ2v) is 5.85. The number of halogens is 3. The highest BCUT2D eigenvalue weighted by atomic mass is 35.5. The second kappa shape index (κ2) is 8.66. The van der Waals surface area contributed by atoms with E-state index in [2.05, 4.69) is 15.2 Å². The molecule has 1 atom stereocenters. The third-order valence-electron chi connectivity index (χ3n) is 3.57. The van der Waals surface area contributed by atoms with Crippen LogP contribution in [0.2, 0.25) is 0 Å². The van der Waals surface area contributed by atoms with Crippen molar-refractivity contribution in [2.24, 2.45) is 0 Å². The first-order valence-electron chi connectivity index (χ1n) is 7.58. The topological polar surface area (TPSA) is 122 Å². The van der Waals surface area contributed by atoms with Crippen molar-refractivity contribution in [2.75, 3.05) is 13.8 Å². The summed E-state index contributed by atoms with van der Waals surface area (Å²) in [5.41, 5.74) is -2.11. The summed E-state index contributed by atoms with van der Waals surface area (Å²) in [6.45, 7) is -0.766. The van der Waals surface area contributed by atoms with E-state index in [-0.39, 0.29) is 24.9 Å². The third-order valence-corrected chi connectivity index (χ3v) is 3.90. The molecule has 13 heteroatoms. The first-order chi connectivity index (χ1) is 12.8. The number of benzene rings is 1. The van der Waals surface area contributed by atoms with Gasteiger partial charge in [0.05, 0.1) is 25.3 Å². The van der Waals surface area contributed by atoms with Crippen LogP contribution in [0.25, 0.3) is 5.69 Å². The van der Waals surface area contributed by atoms with Crippen molar-refractivity contribution in [3.8, 4) is 5.69 Å². The predicted molar refractivity (Wildman–Crippen MR) is 88.2 cm³/mol. The fourth-order valence-electron chi connectivity index (χ4n) is 2.27. The number of nitro benzene ring substituents is 1. The molecule has 0 saturated carbocycles. The number of hydrogen-bond donors (Lipinski definition) is 0. The van der Waals surface area contributed by atoms with E-state index in [9.17, 15) is 28.5 Å². The van der Waals surface area contributed by atoms with Gasteiger partial charge in [0.25, 0.3) is 5.69 Å². The smallest absolute Gasteiger partial charge is 0.368 e. The molecule has 10 nitrogen and oxygen atoms in total. The van der Waals surface area contributed by atoms with Gasteiger partial charge in [-0.05, 0) is 22.9 Å². The SMILES string of the molecule is COC(=O)C(Cl)Cc1cc(F)c(-n2nnn(CCCF)c2=O)cc1[N+](=O)[O-]. The van der Waals surface area contributed by atoms with Crippen LogP contribution in [0.1, 0.15) is 12.0 Å². The summed E-state index contributed by atoms with van der Waals surface area (Å²) in [5.74, 6) is -1.84. The monoisotopic (exact) mass is 405 g/mol. The number of aromatic nitrogens is 4. The number of nitrogens with zero attached hydrogens (tertiary/aromatic N) is 5. The highest BCUT2D eigenvalue weighted by molar-refractivity contribution is 6.30. The van der Waals surface area contributed by atoms with Crippen molar-refractivity contribution in [1.29, 1.82) is 0 Å². The summed E-state index contributed by atoms with van der Waals surface area (Å²) in [6, 6.07) is 1.58. The van der Waals surface area contributed by atoms with Gasteiger partial charge < -0.3 is 4.74 Å². The molecule has 2 rings (SSSR count). The van der Waals surface area contributed by atoms with Gasteiger partial charge in [0.1, 0.15) is 16.9 Å². The zero-order chi connectivity index (χ0) is 20.1. The normalized spacial score (nSPS) is 12.0. The van der Waals surface area contributed by atoms with E-state index >= 15 is 0 Å². The number of ether oxygens (including phenoxy) is 1. The van der Waals surface area contributed by atoms with E-state index in [4.69, 9.17) is 11.6 Å². The summed E-state index contributed by atoms with van der Waals surface area (Å²) < 4.78 is 32.5. The Balaban J connectivity index is 2.47. The van der Waals surface area contributed by atoms with E-state index in [1.165, 1.54) is 0 Å². The molecule has 0 fully saturated rings. The van der Waals surface area contributed by atoms with E-state index in [1.54, 1.807) is 0 Å². The van der Waals surface area contributed by atoms with Crippen LogP contribution in [0, 0.1) is 15.9 Å². The minimum atomic E-state index is -1.26. The summed E-state index contributed by atoms with van der Waals surface area (Å²) in [7, 11) is 1.09. The number of hydrogen-bond acceptors (Lipinski definition) is 7. The number of carbonyl (C=O) groups is 1. The summed E-state index contributed by atoms with van der Waals surface area (Å²) in [6.07, 6.45) is -0.357. The van der Waals surface area contributed by atoms with Crippen LogP contribution < -0.4 is 5.69 Å². The first-order valence-corrected chi connectivity index (χ1v) is 8.01. The Hall–Kier alpha value is -2.89. The lowest BCUT2D eigenvalue weighted by Crippen LogP contribution is -2.25. The number of methoxy groups -OCH3 is 1. The van der Waals surface area contributed by atoms with Crippen molar-refractivity contribution in [1.82, 2.24) is 19.8 Å².